The van der Waals surface area contributed by atoms with E-state index in [4.69, 9.17) is 16.9 Å². The molecular weight excluding hydrogens is 246 g/mol. The van der Waals surface area contributed by atoms with Gasteiger partial charge in [-0.1, -0.05) is 11.6 Å². The predicted octanol–water partition coefficient (Wildman–Crippen LogP) is 3.55. The fraction of sp³-hybridized carbons (Fsp3) is 0. The third-order valence-electron chi connectivity index (χ3n) is 2.17. The number of nitrogens with zero attached hydrogens (tertiary/aromatic N) is 2. The van der Waals surface area contributed by atoms with Crippen LogP contribution in [0.25, 0.3) is 11.3 Å². The van der Waals surface area contributed by atoms with Crippen LogP contribution in [0, 0.1) is 23.0 Å². The lowest BCUT2D eigenvalue weighted by molar-refractivity contribution is 0.621. The van der Waals surface area contributed by atoms with Crippen molar-refractivity contribution in [2.24, 2.45) is 0 Å². The summed E-state index contributed by atoms with van der Waals surface area (Å²) in [5, 5.41) is 8.95. The van der Waals surface area contributed by atoms with Gasteiger partial charge in [-0.15, -0.1) is 0 Å². The Hall–Kier alpha value is -1.99. The summed E-state index contributed by atoms with van der Waals surface area (Å²) in [6.45, 7) is 0. The first kappa shape index (κ1) is 11.5. The Kier molecular flexibility index (Phi) is 3.03. The number of hydrogen-bond donors (Lipinski definition) is 0. The molecule has 5 heteroatoms. The molecule has 0 aliphatic heterocycles. The summed E-state index contributed by atoms with van der Waals surface area (Å²) in [7, 11) is 0. The molecule has 84 valence electrons. The first-order chi connectivity index (χ1) is 8.11. The van der Waals surface area contributed by atoms with Crippen LogP contribution in [0.15, 0.2) is 30.3 Å². The molecule has 0 bridgehead atoms. The largest absolute Gasteiger partial charge is 0.233 e. The standard InChI is InChI=1S/C12H5ClF2N2/c13-11-4-3-10(15)12(17-11)9-5-8(14)2-1-7(9)6-16/h1-5H. The number of aromatic nitrogens is 1. The minimum absolute atomic E-state index is 0.0783. The number of benzene rings is 1. The lowest BCUT2D eigenvalue weighted by Crippen LogP contribution is -1.93. The van der Waals surface area contributed by atoms with Crippen LogP contribution >= 0.6 is 11.6 Å². The van der Waals surface area contributed by atoms with Gasteiger partial charge in [-0.05, 0) is 30.3 Å². The molecule has 2 aromatic rings. The van der Waals surface area contributed by atoms with E-state index in [-0.39, 0.29) is 22.0 Å². The monoisotopic (exact) mass is 250 g/mol. The Labute approximate surface area is 101 Å². The maximum absolute atomic E-state index is 13.6. The molecule has 0 amide bonds. The van der Waals surface area contributed by atoms with E-state index in [1.54, 1.807) is 0 Å². The number of hydrogen-bond acceptors (Lipinski definition) is 2. The van der Waals surface area contributed by atoms with Gasteiger partial charge in [0.1, 0.15) is 22.5 Å². The molecule has 1 aromatic heterocycles. The van der Waals surface area contributed by atoms with Crippen LogP contribution in [0.1, 0.15) is 5.56 Å². The minimum Gasteiger partial charge on any atom is -0.233 e. The van der Waals surface area contributed by atoms with Crippen molar-refractivity contribution < 1.29 is 8.78 Å². The number of nitriles is 1. The zero-order valence-corrected chi connectivity index (χ0v) is 9.17. The van der Waals surface area contributed by atoms with Crippen molar-refractivity contribution in [2.45, 2.75) is 0 Å². The highest BCUT2D eigenvalue weighted by molar-refractivity contribution is 6.29. The van der Waals surface area contributed by atoms with E-state index < -0.39 is 11.6 Å². The minimum atomic E-state index is -0.656. The zero-order valence-electron chi connectivity index (χ0n) is 8.42. The molecule has 0 spiro atoms. The molecule has 1 aromatic carbocycles. The van der Waals surface area contributed by atoms with Gasteiger partial charge in [0.05, 0.1) is 11.6 Å². The molecular formula is C12H5ClF2N2. The molecule has 0 unspecified atom stereocenters. The van der Waals surface area contributed by atoms with E-state index in [1.165, 1.54) is 12.1 Å². The second-order valence-electron chi connectivity index (χ2n) is 3.27. The lowest BCUT2D eigenvalue weighted by atomic mass is 10.0. The lowest BCUT2D eigenvalue weighted by Gasteiger charge is -2.05. The Morgan fingerprint density at radius 3 is 2.65 bits per heavy atom. The van der Waals surface area contributed by atoms with Crippen LogP contribution < -0.4 is 0 Å². The van der Waals surface area contributed by atoms with Gasteiger partial charge in [0, 0.05) is 5.56 Å². The summed E-state index contributed by atoms with van der Waals surface area (Å²) in [5.74, 6) is -1.23. The average molecular weight is 251 g/mol. The first-order valence-corrected chi connectivity index (χ1v) is 5.01. The molecule has 17 heavy (non-hydrogen) atoms. The molecule has 2 rings (SSSR count). The van der Waals surface area contributed by atoms with Crippen molar-refractivity contribution >= 4 is 11.6 Å². The van der Waals surface area contributed by atoms with Crippen LogP contribution in [-0.4, -0.2) is 4.98 Å². The average Bonchev–Trinajstić information content (AvgIpc) is 2.32. The maximum atomic E-state index is 13.6. The third-order valence-corrected chi connectivity index (χ3v) is 2.38. The molecule has 0 radical (unpaired) electrons. The van der Waals surface area contributed by atoms with Crippen molar-refractivity contribution in [3.8, 4) is 17.3 Å². The topological polar surface area (TPSA) is 36.7 Å². The second kappa shape index (κ2) is 4.48. The van der Waals surface area contributed by atoms with E-state index in [1.807, 2.05) is 6.07 Å². The van der Waals surface area contributed by atoms with Crippen molar-refractivity contribution in [1.29, 1.82) is 5.26 Å². The van der Waals surface area contributed by atoms with Crippen molar-refractivity contribution in [3.05, 3.63) is 52.7 Å². The first-order valence-electron chi connectivity index (χ1n) is 4.64. The highest BCUT2D eigenvalue weighted by atomic mass is 35.5. The van der Waals surface area contributed by atoms with Crippen LogP contribution in [-0.2, 0) is 0 Å². The molecule has 0 saturated carbocycles. The maximum Gasteiger partial charge on any atom is 0.149 e. The Balaban J connectivity index is 2.72. The fourth-order valence-corrected chi connectivity index (χ4v) is 1.56. The molecule has 0 aliphatic carbocycles. The fourth-order valence-electron chi connectivity index (χ4n) is 1.42. The van der Waals surface area contributed by atoms with Crippen molar-refractivity contribution in [1.82, 2.24) is 4.98 Å². The Morgan fingerprint density at radius 1 is 1.18 bits per heavy atom. The number of rotatable bonds is 1. The zero-order chi connectivity index (χ0) is 12.4. The molecule has 1 heterocycles. The van der Waals surface area contributed by atoms with Crippen LogP contribution in [0.4, 0.5) is 8.78 Å². The summed E-state index contributed by atoms with van der Waals surface area (Å²) in [5.41, 5.74) is 0.0983. The molecule has 0 aliphatic rings. The van der Waals surface area contributed by atoms with Crippen molar-refractivity contribution in [2.75, 3.05) is 0 Å². The number of pyridine rings is 1. The molecule has 0 atom stereocenters. The van der Waals surface area contributed by atoms with Gasteiger partial charge in [0.15, 0.2) is 0 Å². The van der Waals surface area contributed by atoms with Gasteiger partial charge in [0.25, 0.3) is 0 Å². The highest BCUT2D eigenvalue weighted by Gasteiger charge is 2.13. The smallest absolute Gasteiger partial charge is 0.149 e. The molecule has 2 nitrogen and oxygen atoms in total. The van der Waals surface area contributed by atoms with Gasteiger partial charge in [-0.2, -0.15) is 5.26 Å². The molecule has 0 fully saturated rings. The van der Waals surface area contributed by atoms with E-state index in [0.717, 1.165) is 18.2 Å². The Bertz CT molecular complexity index is 620. The van der Waals surface area contributed by atoms with Crippen molar-refractivity contribution in [3.63, 3.8) is 0 Å². The van der Waals surface area contributed by atoms with E-state index >= 15 is 0 Å². The predicted molar refractivity (Wildman–Crippen MR) is 59.3 cm³/mol. The van der Waals surface area contributed by atoms with Gasteiger partial charge >= 0.3 is 0 Å². The SMILES string of the molecule is N#Cc1ccc(F)cc1-c1nc(Cl)ccc1F. The molecule has 0 saturated heterocycles. The summed E-state index contributed by atoms with van der Waals surface area (Å²) in [4.78, 5) is 3.77. The van der Waals surface area contributed by atoms with Gasteiger partial charge in [0.2, 0.25) is 0 Å². The second-order valence-corrected chi connectivity index (χ2v) is 3.65. The van der Waals surface area contributed by atoms with E-state index in [9.17, 15) is 8.78 Å². The summed E-state index contributed by atoms with van der Waals surface area (Å²) in [6.07, 6.45) is 0. The quantitative estimate of drug-likeness (QED) is 0.726. The summed E-state index contributed by atoms with van der Waals surface area (Å²) >= 11 is 5.65. The van der Waals surface area contributed by atoms with Crippen LogP contribution in [0.2, 0.25) is 5.15 Å². The van der Waals surface area contributed by atoms with Gasteiger partial charge in [-0.25, -0.2) is 13.8 Å². The highest BCUT2D eigenvalue weighted by Crippen LogP contribution is 2.26. The summed E-state index contributed by atoms with van der Waals surface area (Å²) < 4.78 is 26.7. The molecule has 0 N–H and O–H groups in total. The normalized spacial score (nSPS) is 10.0. The van der Waals surface area contributed by atoms with E-state index in [0.29, 0.717) is 0 Å². The van der Waals surface area contributed by atoms with Gasteiger partial charge in [-0.3, -0.25) is 0 Å². The van der Waals surface area contributed by atoms with Crippen LogP contribution in [0.5, 0.6) is 0 Å². The van der Waals surface area contributed by atoms with Gasteiger partial charge < -0.3 is 0 Å². The third kappa shape index (κ3) is 2.24. The summed E-state index contributed by atoms with van der Waals surface area (Å²) in [6, 6.07) is 7.71. The number of halogens is 3. The Morgan fingerprint density at radius 2 is 1.94 bits per heavy atom. The van der Waals surface area contributed by atoms with E-state index in [2.05, 4.69) is 4.98 Å². The van der Waals surface area contributed by atoms with Crippen LogP contribution in [0.3, 0.4) is 0 Å².